The van der Waals surface area contributed by atoms with Gasteiger partial charge in [0.05, 0.1) is 106 Å². The van der Waals surface area contributed by atoms with Gasteiger partial charge in [-0.3, -0.25) is 0 Å². The maximum atomic E-state index is 6.78. The molecular weight excluding hydrogens is 1010 g/mol. The number of fused-ring (bicyclic) bond motifs is 2. The van der Waals surface area contributed by atoms with E-state index in [2.05, 4.69) is 28.2 Å². The molecule has 58 heavy (non-hydrogen) atoms. The molecule has 0 spiro atoms. The van der Waals surface area contributed by atoms with Crippen molar-refractivity contribution in [2.24, 2.45) is 27.1 Å². The highest BCUT2D eigenvalue weighted by Gasteiger charge is 2.38. The van der Waals surface area contributed by atoms with Crippen LogP contribution in [0.1, 0.15) is 64.2 Å². The van der Waals surface area contributed by atoms with Crippen molar-refractivity contribution >= 4 is 108 Å². The zero-order valence-corrected chi connectivity index (χ0v) is 42.4. The minimum absolute atomic E-state index is 0.169. The fourth-order valence-corrected chi connectivity index (χ4v) is 31.8. The molecule has 0 aromatic heterocycles. The number of nitrogens with zero attached hydrogens (tertiary/aromatic N) is 6. The first-order valence-corrected chi connectivity index (χ1v) is 34.7. The van der Waals surface area contributed by atoms with Gasteiger partial charge in [0.2, 0.25) is 0 Å². The van der Waals surface area contributed by atoms with E-state index in [9.17, 15) is 0 Å². The van der Waals surface area contributed by atoms with E-state index in [1.165, 1.54) is 0 Å². The Morgan fingerprint density at radius 2 is 0.569 bits per heavy atom. The summed E-state index contributed by atoms with van der Waals surface area (Å²) in [7, 11) is -6.14. The molecule has 0 radical (unpaired) electrons. The summed E-state index contributed by atoms with van der Waals surface area (Å²) in [6.45, 7) is 0.180. The molecule has 18 nitrogen and oxygen atoms in total. The molecule has 0 aromatic carbocycles. The number of hydrogen-bond acceptors (Lipinski definition) is 18. The third kappa shape index (κ3) is 22.2. The van der Waals surface area contributed by atoms with Gasteiger partial charge in [-0.2, -0.15) is 27.1 Å². The fourth-order valence-electron chi connectivity index (χ4n) is 5.46. The number of ether oxygens (including phenoxy) is 6. The van der Waals surface area contributed by atoms with Gasteiger partial charge in [-0.1, -0.05) is 51.4 Å². The topological polar surface area (TPSA) is 191 Å². The van der Waals surface area contributed by atoms with Crippen LogP contribution in [0.4, 0.5) is 0 Å². The molecule has 4 aliphatic heterocycles. The molecule has 4 unspecified atom stereocenters. The second-order valence-corrected chi connectivity index (χ2v) is 34.0. The van der Waals surface area contributed by atoms with Crippen molar-refractivity contribution < 1.29 is 46.5 Å². The summed E-state index contributed by atoms with van der Waals surface area (Å²) in [6.07, 6.45) is 10.6. The molecule has 2 N–H and O–H groups in total. The number of rotatable bonds is 15. The van der Waals surface area contributed by atoms with Crippen LogP contribution in [-0.4, -0.2) is 119 Å². The standard InChI is InChI=1S/C28H58Cl6N8O10P6/c29-53(30)37-55(33)41-57(39-53,51-27-23-47-19-15-43-13-17-45-21-25-49-55)35-11-9-7-5-3-1-2-4-6-8-10-12-36-58-40-54(31,32)38-56(34,42-58)50-26-22-46-18-14-44-16-20-48-24-28-52-58/h35-36H,1-28H2. The van der Waals surface area contributed by atoms with Crippen LogP contribution in [0.2, 0.25) is 0 Å². The second-order valence-electron chi connectivity index (χ2n) is 12.8. The lowest BCUT2D eigenvalue weighted by atomic mass is 10.1. The molecule has 0 aliphatic carbocycles. The van der Waals surface area contributed by atoms with Crippen molar-refractivity contribution in [3.05, 3.63) is 0 Å². The van der Waals surface area contributed by atoms with Crippen molar-refractivity contribution in [2.45, 2.75) is 64.2 Å². The number of unbranched alkanes of at least 4 members (excludes halogenated alkanes) is 9. The zero-order chi connectivity index (χ0) is 41.5. The summed E-state index contributed by atoms with van der Waals surface area (Å²) in [5.74, 6) is -6.39. The van der Waals surface area contributed by atoms with Gasteiger partial charge < -0.3 is 46.5 Å². The zero-order valence-electron chi connectivity index (χ0n) is 32.5. The molecule has 0 fully saturated rings. The quantitative estimate of drug-likeness (QED) is 0.117. The minimum Gasteiger partial charge on any atom is -0.377 e. The van der Waals surface area contributed by atoms with Gasteiger partial charge in [0.25, 0.3) is 27.0 Å². The fraction of sp³-hybridized carbons (Fsp3) is 1.00. The first-order chi connectivity index (χ1) is 27.9. The van der Waals surface area contributed by atoms with E-state index in [4.69, 9.17) is 123 Å². The molecule has 4 rings (SSSR count). The van der Waals surface area contributed by atoms with Crippen LogP contribution in [0, 0.1) is 0 Å². The van der Waals surface area contributed by atoms with Gasteiger partial charge in [0.15, 0.2) is 0 Å². The molecule has 0 saturated heterocycles. The smallest absolute Gasteiger partial charge is 0.300 e. The highest BCUT2D eigenvalue weighted by Crippen LogP contribution is 2.84. The maximum Gasteiger partial charge on any atom is 0.300 e. The highest BCUT2D eigenvalue weighted by atomic mass is 35.9. The average Bonchev–Trinajstić information content (AvgIpc) is 3.13. The lowest BCUT2D eigenvalue weighted by molar-refractivity contribution is 0.00554. The summed E-state index contributed by atoms with van der Waals surface area (Å²) in [5.41, 5.74) is 0. The van der Waals surface area contributed by atoms with Gasteiger partial charge in [-0.15, -0.1) is 0 Å². The van der Waals surface area contributed by atoms with Crippen molar-refractivity contribution in [2.75, 3.05) is 119 Å². The van der Waals surface area contributed by atoms with Gasteiger partial charge in [0.1, 0.15) is 0 Å². The van der Waals surface area contributed by atoms with Crippen LogP contribution in [0.3, 0.4) is 0 Å². The molecule has 342 valence electrons. The molecule has 4 atom stereocenters. The summed E-state index contributed by atoms with van der Waals surface area (Å²) < 4.78 is 84.7. The Morgan fingerprint density at radius 1 is 0.310 bits per heavy atom. The van der Waals surface area contributed by atoms with Crippen molar-refractivity contribution in [3.8, 4) is 0 Å². The summed E-state index contributed by atoms with van der Waals surface area (Å²) in [4.78, 5) is 0. The predicted octanol–water partition coefficient (Wildman–Crippen LogP) is 13.4. The number of nitrogens with one attached hydrogen (secondary N) is 2. The van der Waals surface area contributed by atoms with Crippen LogP contribution in [0.25, 0.3) is 0 Å². The van der Waals surface area contributed by atoms with E-state index in [-0.39, 0.29) is 39.6 Å². The second kappa shape index (κ2) is 28.6. The third-order valence-electron chi connectivity index (χ3n) is 8.05. The van der Waals surface area contributed by atoms with Crippen LogP contribution in [0.5, 0.6) is 0 Å². The van der Waals surface area contributed by atoms with Crippen molar-refractivity contribution in [3.63, 3.8) is 0 Å². The van der Waals surface area contributed by atoms with Crippen LogP contribution in [0.15, 0.2) is 27.1 Å². The maximum absolute atomic E-state index is 6.78. The Morgan fingerprint density at radius 3 is 0.879 bits per heavy atom. The molecule has 30 heteroatoms. The Hall–Kier alpha value is 2.64. The molecule has 4 heterocycles. The van der Waals surface area contributed by atoms with Crippen molar-refractivity contribution in [1.82, 2.24) is 10.2 Å². The van der Waals surface area contributed by atoms with E-state index >= 15 is 0 Å². The van der Waals surface area contributed by atoms with E-state index in [1.54, 1.807) is 0 Å². The monoisotopic (exact) mass is 1060 g/mol. The summed E-state index contributed by atoms with van der Waals surface area (Å²) >= 11 is 39.8. The molecule has 4 aliphatic rings. The van der Waals surface area contributed by atoms with E-state index in [1.807, 2.05) is 0 Å². The summed E-state index contributed by atoms with van der Waals surface area (Å²) in [5, 5.41) is 6.78. The SMILES string of the molecule is ClP1(Cl)=NP2(Cl)=NP(NCCCCCCCCCCCCNP34=NP(Cl)(Cl)=NP(Cl)(=N3)OCCOCCOCCOCCO4)(=N1)OCCOCCOCCOCCO2. The van der Waals surface area contributed by atoms with Gasteiger partial charge in [0, 0.05) is 13.1 Å². The molecule has 4 bridgehead atoms. The Kier molecular flexibility index (Phi) is 26.3. The van der Waals surface area contributed by atoms with E-state index in [0.717, 1.165) is 64.2 Å². The Balaban J connectivity index is 1.14. The third-order valence-corrected chi connectivity index (χ3v) is 30.2. The normalized spacial score (nSPS) is 32.2. The van der Waals surface area contributed by atoms with E-state index in [0.29, 0.717) is 79.2 Å². The Bertz CT molecular complexity index is 1470. The minimum atomic E-state index is -3.24. The molecule has 0 saturated carbocycles. The summed E-state index contributed by atoms with van der Waals surface area (Å²) in [6, 6.07) is 0. The van der Waals surface area contributed by atoms with Crippen LogP contribution in [-0.2, 0) is 46.5 Å². The molecular formula is C28H58Cl6N8O10P6. The Labute approximate surface area is 372 Å². The van der Waals surface area contributed by atoms with Gasteiger partial charge >= 0.3 is 13.6 Å². The van der Waals surface area contributed by atoms with E-state index < -0.39 is 40.6 Å². The average molecular weight is 1070 g/mol. The van der Waals surface area contributed by atoms with Crippen molar-refractivity contribution in [1.29, 1.82) is 0 Å². The number of halogens is 6. The van der Waals surface area contributed by atoms with Gasteiger partial charge in [-0.05, 0) is 80.3 Å². The highest BCUT2D eigenvalue weighted by molar-refractivity contribution is 8.15. The lowest BCUT2D eigenvalue weighted by Crippen LogP contribution is -2.17. The predicted molar refractivity (Wildman–Crippen MR) is 242 cm³/mol. The van der Waals surface area contributed by atoms with Crippen LogP contribution >= 0.6 is 108 Å². The number of hydrogen-bond donors (Lipinski definition) is 2. The van der Waals surface area contributed by atoms with Gasteiger partial charge in [-0.25, -0.2) is 10.2 Å². The lowest BCUT2D eigenvalue weighted by Gasteiger charge is -2.29. The van der Waals surface area contributed by atoms with Crippen LogP contribution < -0.4 is 10.2 Å². The first-order valence-electron chi connectivity index (χ1n) is 19.4. The largest absolute Gasteiger partial charge is 0.377 e. The molecule has 0 amide bonds. The first kappa shape index (κ1) is 53.3. The molecule has 0 aromatic rings.